The summed E-state index contributed by atoms with van der Waals surface area (Å²) in [6.45, 7) is 0.494. The van der Waals surface area contributed by atoms with Gasteiger partial charge in [0.25, 0.3) is 0 Å². The monoisotopic (exact) mass is 354 g/mol. The van der Waals surface area contributed by atoms with Gasteiger partial charge in [-0.1, -0.05) is 28.1 Å². The molecule has 1 aliphatic rings. The molecule has 21 heavy (non-hydrogen) atoms. The number of methoxy groups -OCH3 is 1. The lowest BCUT2D eigenvalue weighted by molar-refractivity contribution is -0.147. The molecule has 0 amide bonds. The fourth-order valence-corrected chi connectivity index (χ4v) is 2.91. The summed E-state index contributed by atoms with van der Waals surface area (Å²) in [6.07, 6.45) is 2.59. The van der Waals surface area contributed by atoms with Gasteiger partial charge in [-0.25, -0.2) is 0 Å². The minimum atomic E-state index is -0.265. The highest BCUT2D eigenvalue weighted by molar-refractivity contribution is 9.10. The van der Waals surface area contributed by atoms with E-state index in [-0.39, 0.29) is 24.3 Å². The summed E-state index contributed by atoms with van der Waals surface area (Å²) in [4.78, 5) is 23.9. The molecule has 0 bridgehead atoms. The second kappa shape index (κ2) is 7.71. The van der Waals surface area contributed by atoms with E-state index in [0.717, 1.165) is 23.7 Å². The largest absolute Gasteiger partial charge is 0.457 e. The van der Waals surface area contributed by atoms with Crippen LogP contribution in [0.5, 0.6) is 0 Å². The van der Waals surface area contributed by atoms with Gasteiger partial charge in [0.15, 0.2) is 12.4 Å². The van der Waals surface area contributed by atoms with E-state index >= 15 is 0 Å². The summed E-state index contributed by atoms with van der Waals surface area (Å²) >= 11 is 3.31. The molecule has 114 valence electrons. The van der Waals surface area contributed by atoms with Crippen molar-refractivity contribution in [3.63, 3.8) is 0 Å². The van der Waals surface area contributed by atoms with Gasteiger partial charge < -0.3 is 9.47 Å². The van der Waals surface area contributed by atoms with Crippen LogP contribution >= 0.6 is 15.9 Å². The summed E-state index contributed by atoms with van der Waals surface area (Å²) in [7, 11) is 1.67. The van der Waals surface area contributed by atoms with Crippen LogP contribution in [0.4, 0.5) is 0 Å². The summed E-state index contributed by atoms with van der Waals surface area (Å²) in [5, 5.41) is 0. The Labute approximate surface area is 132 Å². The number of carbonyl (C=O) groups excluding carboxylic acids is 2. The Kier molecular flexibility index (Phi) is 5.94. The molecule has 4 nitrogen and oxygen atoms in total. The fourth-order valence-electron chi connectivity index (χ4n) is 2.65. The van der Waals surface area contributed by atoms with Crippen molar-refractivity contribution in [2.45, 2.75) is 19.3 Å². The predicted octanol–water partition coefficient (Wildman–Crippen LogP) is 3.24. The van der Waals surface area contributed by atoms with Crippen LogP contribution in [0.2, 0.25) is 0 Å². The maximum atomic E-state index is 12.0. The fraction of sp³-hybridized carbons (Fsp3) is 0.500. The molecule has 2 rings (SSSR count). The second-order valence-electron chi connectivity index (χ2n) is 5.37. The normalized spacial score (nSPS) is 21.2. The van der Waals surface area contributed by atoms with Crippen molar-refractivity contribution in [1.29, 1.82) is 0 Å². The van der Waals surface area contributed by atoms with Gasteiger partial charge in [0, 0.05) is 23.8 Å². The van der Waals surface area contributed by atoms with E-state index < -0.39 is 0 Å². The zero-order valence-corrected chi connectivity index (χ0v) is 13.6. The molecular formula is C16H19BrO4. The lowest BCUT2D eigenvalue weighted by atomic mass is 10.1. The molecule has 0 radical (unpaired) electrons. The molecular weight excluding hydrogens is 336 g/mol. The maximum Gasteiger partial charge on any atom is 0.309 e. The summed E-state index contributed by atoms with van der Waals surface area (Å²) in [5.74, 6) is -0.112. The number of esters is 1. The topological polar surface area (TPSA) is 52.6 Å². The Hall–Kier alpha value is -1.20. The van der Waals surface area contributed by atoms with Gasteiger partial charge >= 0.3 is 5.97 Å². The van der Waals surface area contributed by atoms with Crippen LogP contribution < -0.4 is 0 Å². The summed E-state index contributed by atoms with van der Waals surface area (Å²) in [5.41, 5.74) is 0.551. The molecule has 0 aliphatic heterocycles. The Morgan fingerprint density at radius 1 is 1.24 bits per heavy atom. The van der Waals surface area contributed by atoms with E-state index in [1.807, 2.05) is 0 Å². The first-order chi connectivity index (χ1) is 10.1. The predicted molar refractivity (Wildman–Crippen MR) is 82.1 cm³/mol. The summed E-state index contributed by atoms with van der Waals surface area (Å²) in [6, 6.07) is 7.01. The zero-order chi connectivity index (χ0) is 15.2. The standard InChI is InChI=1S/C16H19BrO4/c1-20-9-11-2-3-13(8-11)16(19)21-10-15(18)12-4-6-14(17)7-5-12/h4-7,11,13H,2-3,8-10H2,1H3/t11-,13+/m1/s1. The Morgan fingerprint density at radius 2 is 1.95 bits per heavy atom. The highest BCUT2D eigenvalue weighted by Gasteiger charge is 2.31. The molecule has 1 saturated carbocycles. The third-order valence-electron chi connectivity index (χ3n) is 3.79. The summed E-state index contributed by atoms with van der Waals surface area (Å²) < 4.78 is 11.2. The second-order valence-corrected chi connectivity index (χ2v) is 6.28. The average molecular weight is 355 g/mol. The zero-order valence-electron chi connectivity index (χ0n) is 12.0. The first-order valence-corrected chi connectivity index (χ1v) is 7.83. The first kappa shape index (κ1) is 16.2. The van der Waals surface area contributed by atoms with Gasteiger partial charge in [0.05, 0.1) is 5.92 Å². The average Bonchev–Trinajstić information content (AvgIpc) is 2.94. The highest BCUT2D eigenvalue weighted by Crippen LogP contribution is 2.31. The molecule has 1 fully saturated rings. The van der Waals surface area contributed by atoms with Crippen LogP contribution in [0.25, 0.3) is 0 Å². The number of Topliss-reactive ketones (excluding diaryl/α,β-unsaturated/α-hetero) is 1. The number of hydrogen-bond donors (Lipinski definition) is 0. The minimum absolute atomic E-state index is 0.0946. The number of ether oxygens (including phenoxy) is 2. The number of rotatable bonds is 6. The van der Waals surface area contributed by atoms with Crippen molar-refractivity contribution in [1.82, 2.24) is 0 Å². The molecule has 1 aliphatic carbocycles. The molecule has 0 heterocycles. The molecule has 0 spiro atoms. The Bertz CT molecular complexity index is 498. The SMILES string of the molecule is COC[C@@H]1CC[C@H](C(=O)OCC(=O)c2ccc(Br)cc2)C1. The Balaban J connectivity index is 1.79. The first-order valence-electron chi connectivity index (χ1n) is 7.04. The maximum absolute atomic E-state index is 12.0. The number of carbonyl (C=O) groups is 2. The lowest BCUT2D eigenvalue weighted by Gasteiger charge is -2.10. The van der Waals surface area contributed by atoms with Gasteiger partial charge in [-0.15, -0.1) is 0 Å². The molecule has 5 heteroatoms. The van der Waals surface area contributed by atoms with Crippen LogP contribution in [-0.2, 0) is 14.3 Å². The third-order valence-corrected chi connectivity index (χ3v) is 4.32. The van der Waals surface area contributed by atoms with E-state index in [1.165, 1.54) is 0 Å². The lowest BCUT2D eigenvalue weighted by Crippen LogP contribution is -2.20. The molecule has 0 saturated heterocycles. The van der Waals surface area contributed by atoms with Crippen molar-refractivity contribution >= 4 is 27.7 Å². The molecule has 2 atom stereocenters. The van der Waals surface area contributed by atoms with Crippen molar-refractivity contribution < 1.29 is 19.1 Å². The smallest absolute Gasteiger partial charge is 0.309 e. The minimum Gasteiger partial charge on any atom is -0.457 e. The van der Waals surface area contributed by atoms with Crippen molar-refractivity contribution in [2.75, 3.05) is 20.3 Å². The Morgan fingerprint density at radius 3 is 2.62 bits per heavy atom. The number of halogens is 1. The van der Waals surface area contributed by atoms with Crippen LogP contribution in [0.15, 0.2) is 28.7 Å². The molecule has 0 aromatic heterocycles. The van der Waals surface area contributed by atoms with Crippen molar-refractivity contribution in [2.24, 2.45) is 11.8 Å². The quantitative estimate of drug-likeness (QED) is 0.581. The number of benzene rings is 1. The van der Waals surface area contributed by atoms with Gasteiger partial charge in [0.1, 0.15) is 0 Å². The van der Waals surface area contributed by atoms with Gasteiger partial charge in [-0.2, -0.15) is 0 Å². The number of hydrogen-bond acceptors (Lipinski definition) is 4. The van der Waals surface area contributed by atoms with Crippen LogP contribution in [0, 0.1) is 11.8 Å². The van der Waals surface area contributed by atoms with Crippen molar-refractivity contribution in [3.8, 4) is 0 Å². The van der Waals surface area contributed by atoms with Crippen LogP contribution in [0.1, 0.15) is 29.6 Å². The van der Waals surface area contributed by atoms with Crippen molar-refractivity contribution in [3.05, 3.63) is 34.3 Å². The van der Waals surface area contributed by atoms with Crippen LogP contribution in [0.3, 0.4) is 0 Å². The van der Waals surface area contributed by atoms with Gasteiger partial charge in [-0.05, 0) is 37.3 Å². The number of ketones is 1. The van der Waals surface area contributed by atoms with E-state index in [0.29, 0.717) is 18.1 Å². The van der Waals surface area contributed by atoms with E-state index in [1.54, 1.807) is 31.4 Å². The van der Waals surface area contributed by atoms with E-state index in [4.69, 9.17) is 9.47 Å². The highest BCUT2D eigenvalue weighted by atomic mass is 79.9. The van der Waals surface area contributed by atoms with Crippen LogP contribution in [-0.4, -0.2) is 32.1 Å². The van der Waals surface area contributed by atoms with Gasteiger partial charge in [0.2, 0.25) is 0 Å². The molecule has 0 unspecified atom stereocenters. The molecule has 0 N–H and O–H groups in total. The molecule has 1 aromatic rings. The molecule has 1 aromatic carbocycles. The van der Waals surface area contributed by atoms with Gasteiger partial charge in [-0.3, -0.25) is 9.59 Å². The third kappa shape index (κ3) is 4.64. The van der Waals surface area contributed by atoms with E-state index in [9.17, 15) is 9.59 Å². The van der Waals surface area contributed by atoms with E-state index in [2.05, 4.69) is 15.9 Å².